The lowest BCUT2D eigenvalue weighted by Crippen LogP contribution is -2.40. The summed E-state index contributed by atoms with van der Waals surface area (Å²) in [6.45, 7) is 0.247. The van der Waals surface area contributed by atoms with Crippen LogP contribution in [0.4, 0.5) is 0 Å². The smallest absolute Gasteiger partial charge is 0.257 e. The quantitative estimate of drug-likeness (QED) is 0.858. The van der Waals surface area contributed by atoms with Gasteiger partial charge in [0.05, 0.1) is 36.1 Å². The Bertz CT molecular complexity index is 703. The van der Waals surface area contributed by atoms with E-state index >= 15 is 0 Å². The second-order valence-electron chi connectivity index (χ2n) is 5.08. The van der Waals surface area contributed by atoms with Gasteiger partial charge in [0.25, 0.3) is 5.91 Å². The Balaban J connectivity index is 1.86. The van der Waals surface area contributed by atoms with Crippen molar-refractivity contribution in [1.29, 1.82) is 0 Å². The molecule has 1 amide bonds. The molecule has 1 fully saturated rings. The van der Waals surface area contributed by atoms with Crippen molar-refractivity contribution in [2.45, 2.75) is 19.0 Å². The minimum absolute atomic E-state index is 0.00268. The zero-order valence-corrected chi connectivity index (χ0v) is 12.1. The molecule has 1 unspecified atom stereocenters. The van der Waals surface area contributed by atoms with Gasteiger partial charge < -0.3 is 13.7 Å². The van der Waals surface area contributed by atoms with Crippen LogP contribution in [0.2, 0.25) is 0 Å². The molecule has 2 aromatic rings. The second kappa shape index (κ2) is 5.40. The molecule has 1 saturated heterocycles. The molecule has 6 nitrogen and oxygen atoms in total. The van der Waals surface area contributed by atoms with Crippen molar-refractivity contribution in [3.05, 3.63) is 48.3 Å². The third kappa shape index (κ3) is 3.02. The molecule has 0 aliphatic carbocycles. The lowest BCUT2D eigenvalue weighted by Gasteiger charge is -2.27. The number of sulfone groups is 1. The molecule has 0 N–H and O–H groups in total. The largest absolute Gasteiger partial charge is 0.472 e. The number of amides is 1. The van der Waals surface area contributed by atoms with Crippen LogP contribution in [0.3, 0.4) is 0 Å². The Morgan fingerprint density at radius 1 is 1.33 bits per heavy atom. The van der Waals surface area contributed by atoms with Gasteiger partial charge in [-0.25, -0.2) is 8.42 Å². The second-order valence-corrected chi connectivity index (χ2v) is 7.31. The average molecular weight is 309 g/mol. The summed E-state index contributed by atoms with van der Waals surface area (Å²) in [5.41, 5.74) is 0.408. The van der Waals surface area contributed by atoms with Crippen LogP contribution in [0.25, 0.3) is 0 Å². The SMILES string of the molecule is O=C(c1ccoc1)N(Cc1ccco1)C1CCS(=O)(=O)C1. The van der Waals surface area contributed by atoms with Crippen molar-refractivity contribution in [2.24, 2.45) is 0 Å². The first-order valence-corrected chi connectivity index (χ1v) is 8.43. The maximum absolute atomic E-state index is 12.6. The van der Waals surface area contributed by atoms with Crippen LogP contribution in [-0.2, 0) is 16.4 Å². The average Bonchev–Trinajstić information content (AvgIpc) is 3.16. The van der Waals surface area contributed by atoms with E-state index in [2.05, 4.69) is 0 Å². The molecule has 0 spiro atoms. The standard InChI is InChI=1S/C14H15NO5S/c16-14(11-3-6-19-9-11)15(8-13-2-1-5-20-13)12-4-7-21(17,18)10-12/h1-3,5-6,9,12H,4,7-8,10H2. The van der Waals surface area contributed by atoms with E-state index in [0.717, 1.165) is 0 Å². The first-order valence-electron chi connectivity index (χ1n) is 6.61. The van der Waals surface area contributed by atoms with E-state index in [1.807, 2.05) is 0 Å². The predicted molar refractivity (Wildman–Crippen MR) is 74.3 cm³/mol. The van der Waals surface area contributed by atoms with Gasteiger partial charge in [0.15, 0.2) is 9.84 Å². The van der Waals surface area contributed by atoms with Gasteiger partial charge in [0.2, 0.25) is 0 Å². The minimum Gasteiger partial charge on any atom is -0.472 e. The predicted octanol–water partition coefficient (Wildman–Crippen LogP) is 1.70. The number of carbonyl (C=O) groups excluding carboxylic acids is 1. The third-order valence-electron chi connectivity index (χ3n) is 3.58. The van der Waals surface area contributed by atoms with Gasteiger partial charge in [0.1, 0.15) is 12.0 Å². The van der Waals surface area contributed by atoms with Gasteiger partial charge in [-0.05, 0) is 24.6 Å². The summed E-state index contributed by atoms with van der Waals surface area (Å²) in [6.07, 6.45) is 4.76. The Morgan fingerprint density at radius 3 is 2.76 bits per heavy atom. The Morgan fingerprint density at radius 2 is 2.19 bits per heavy atom. The highest BCUT2D eigenvalue weighted by atomic mass is 32.2. The van der Waals surface area contributed by atoms with Crippen molar-refractivity contribution in [2.75, 3.05) is 11.5 Å². The van der Waals surface area contributed by atoms with Crippen molar-refractivity contribution < 1.29 is 22.0 Å². The van der Waals surface area contributed by atoms with Crippen LogP contribution in [0.15, 0.2) is 45.8 Å². The van der Waals surface area contributed by atoms with Crippen LogP contribution < -0.4 is 0 Å². The van der Waals surface area contributed by atoms with E-state index in [4.69, 9.17) is 8.83 Å². The zero-order chi connectivity index (χ0) is 14.9. The summed E-state index contributed by atoms with van der Waals surface area (Å²) in [5, 5.41) is 0. The van der Waals surface area contributed by atoms with Crippen LogP contribution >= 0.6 is 0 Å². The van der Waals surface area contributed by atoms with Crippen LogP contribution in [0.5, 0.6) is 0 Å². The lowest BCUT2D eigenvalue weighted by molar-refractivity contribution is 0.0665. The summed E-state index contributed by atoms with van der Waals surface area (Å²) in [4.78, 5) is 14.1. The third-order valence-corrected chi connectivity index (χ3v) is 5.33. The van der Waals surface area contributed by atoms with E-state index in [-0.39, 0.29) is 30.0 Å². The van der Waals surface area contributed by atoms with E-state index in [1.54, 1.807) is 23.1 Å². The molecule has 21 heavy (non-hydrogen) atoms. The summed E-state index contributed by atoms with van der Waals surface area (Å²) < 4.78 is 33.6. The van der Waals surface area contributed by atoms with Gasteiger partial charge in [-0.1, -0.05) is 0 Å². The zero-order valence-electron chi connectivity index (χ0n) is 11.3. The fraction of sp³-hybridized carbons (Fsp3) is 0.357. The van der Waals surface area contributed by atoms with Crippen molar-refractivity contribution >= 4 is 15.7 Å². The molecule has 7 heteroatoms. The Hall–Kier alpha value is -2.02. The summed E-state index contributed by atoms with van der Waals surface area (Å²) in [7, 11) is -3.07. The fourth-order valence-corrected chi connectivity index (χ4v) is 4.24. The van der Waals surface area contributed by atoms with Gasteiger partial charge in [0, 0.05) is 6.04 Å². The van der Waals surface area contributed by atoms with E-state index in [1.165, 1.54) is 18.8 Å². The molecule has 1 aliphatic rings. The highest BCUT2D eigenvalue weighted by molar-refractivity contribution is 7.91. The summed E-state index contributed by atoms with van der Waals surface area (Å²) >= 11 is 0. The van der Waals surface area contributed by atoms with E-state index in [0.29, 0.717) is 17.7 Å². The first kappa shape index (κ1) is 13.9. The highest BCUT2D eigenvalue weighted by Gasteiger charge is 2.35. The maximum Gasteiger partial charge on any atom is 0.257 e. The minimum atomic E-state index is -3.07. The molecule has 112 valence electrons. The molecular formula is C14H15NO5S. The topological polar surface area (TPSA) is 80.7 Å². The Labute approximate surface area is 122 Å². The molecule has 0 saturated carbocycles. The van der Waals surface area contributed by atoms with E-state index in [9.17, 15) is 13.2 Å². The van der Waals surface area contributed by atoms with Crippen LogP contribution in [0.1, 0.15) is 22.5 Å². The lowest BCUT2D eigenvalue weighted by atomic mass is 10.1. The normalized spacial score (nSPS) is 20.5. The number of hydrogen-bond acceptors (Lipinski definition) is 5. The van der Waals surface area contributed by atoms with Crippen molar-refractivity contribution in [1.82, 2.24) is 4.90 Å². The molecule has 0 radical (unpaired) electrons. The van der Waals surface area contributed by atoms with Crippen molar-refractivity contribution in [3.8, 4) is 0 Å². The van der Waals surface area contributed by atoms with Gasteiger partial charge in [-0.2, -0.15) is 0 Å². The number of furan rings is 2. The number of rotatable bonds is 4. The first-order chi connectivity index (χ1) is 10.1. The summed E-state index contributed by atoms with van der Waals surface area (Å²) in [5.74, 6) is 0.487. The highest BCUT2D eigenvalue weighted by Crippen LogP contribution is 2.22. The fourth-order valence-electron chi connectivity index (χ4n) is 2.51. The molecule has 3 rings (SSSR count). The molecule has 1 aliphatic heterocycles. The number of nitrogens with zero attached hydrogens (tertiary/aromatic N) is 1. The number of carbonyl (C=O) groups is 1. The van der Waals surface area contributed by atoms with Gasteiger partial charge in [-0.15, -0.1) is 0 Å². The van der Waals surface area contributed by atoms with Gasteiger partial charge in [-0.3, -0.25) is 4.79 Å². The molecule has 3 heterocycles. The van der Waals surface area contributed by atoms with Crippen LogP contribution in [0, 0.1) is 0 Å². The molecule has 1 atom stereocenters. The van der Waals surface area contributed by atoms with Gasteiger partial charge >= 0.3 is 0 Å². The maximum atomic E-state index is 12.6. The van der Waals surface area contributed by atoms with Crippen LogP contribution in [-0.4, -0.2) is 36.8 Å². The molecular weight excluding hydrogens is 294 g/mol. The monoisotopic (exact) mass is 309 g/mol. The van der Waals surface area contributed by atoms with E-state index < -0.39 is 9.84 Å². The number of hydrogen-bond donors (Lipinski definition) is 0. The molecule has 0 aromatic carbocycles. The van der Waals surface area contributed by atoms with Crippen molar-refractivity contribution in [3.63, 3.8) is 0 Å². The summed E-state index contributed by atoms with van der Waals surface area (Å²) in [6, 6.07) is 4.74. The Kier molecular flexibility index (Phi) is 3.59. The molecule has 2 aromatic heterocycles. The molecule has 0 bridgehead atoms.